The molecule has 0 saturated carbocycles. The molecule has 140 valence electrons. The summed E-state index contributed by atoms with van der Waals surface area (Å²) in [5.41, 5.74) is 1.93. The third-order valence-electron chi connectivity index (χ3n) is 4.86. The number of amides is 1. The quantitative estimate of drug-likeness (QED) is 0.768. The Bertz CT molecular complexity index is 728. The second-order valence-corrected chi connectivity index (χ2v) is 8.17. The highest BCUT2D eigenvalue weighted by Gasteiger charge is 2.38. The summed E-state index contributed by atoms with van der Waals surface area (Å²) in [7, 11) is 2.12. The van der Waals surface area contributed by atoms with Gasteiger partial charge in [-0.1, -0.05) is 41.4 Å². The van der Waals surface area contributed by atoms with Crippen molar-refractivity contribution in [1.29, 1.82) is 0 Å². The Morgan fingerprint density at radius 1 is 1.19 bits per heavy atom. The van der Waals surface area contributed by atoms with Crippen molar-refractivity contribution in [3.63, 3.8) is 0 Å². The molecule has 0 aromatic heterocycles. The van der Waals surface area contributed by atoms with Crippen LogP contribution in [0.25, 0.3) is 0 Å². The third-order valence-corrected chi connectivity index (χ3v) is 5.48. The van der Waals surface area contributed by atoms with Crippen molar-refractivity contribution < 1.29 is 9.53 Å². The SMILES string of the molecule is CC(C)OC(=O)Nc1ccc(C2CN(C)CC3C(Cl)=CC(Cl)=CC32)cc1. The lowest BCUT2D eigenvalue weighted by atomic mass is 9.72. The second-order valence-electron chi connectivity index (χ2n) is 7.29. The van der Waals surface area contributed by atoms with Crippen molar-refractivity contribution in [1.82, 2.24) is 4.90 Å². The molecule has 3 unspecified atom stereocenters. The summed E-state index contributed by atoms with van der Waals surface area (Å²) < 4.78 is 5.11. The maximum Gasteiger partial charge on any atom is 0.411 e. The molecule has 4 nitrogen and oxygen atoms in total. The van der Waals surface area contributed by atoms with E-state index in [1.807, 2.05) is 32.1 Å². The Kier molecular flexibility index (Phi) is 5.96. The smallest absolute Gasteiger partial charge is 0.411 e. The minimum absolute atomic E-state index is 0.148. The molecule has 2 aliphatic rings. The highest BCUT2D eigenvalue weighted by atomic mass is 35.5. The Morgan fingerprint density at radius 2 is 1.85 bits per heavy atom. The van der Waals surface area contributed by atoms with Gasteiger partial charge in [0.15, 0.2) is 0 Å². The first-order valence-electron chi connectivity index (χ1n) is 8.84. The summed E-state index contributed by atoms with van der Waals surface area (Å²) in [5, 5.41) is 4.28. The van der Waals surface area contributed by atoms with Crippen LogP contribution >= 0.6 is 23.2 Å². The van der Waals surface area contributed by atoms with Crippen LogP contribution in [0.5, 0.6) is 0 Å². The number of hydrogen-bond donors (Lipinski definition) is 1. The highest BCUT2D eigenvalue weighted by Crippen LogP contribution is 2.44. The van der Waals surface area contributed by atoms with Gasteiger partial charge in [0.25, 0.3) is 0 Å². The van der Waals surface area contributed by atoms with Crippen molar-refractivity contribution in [3.8, 4) is 0 Å². The lowest BCUT2D eigenvalue weighted by Crippen LogP contribution is -2.43. The molecule has 1 fully saturated rings. The van der Waals surface area contributed by atoms with E-state index in [1.165, 1.54) is 5.56 Å². The number of fused-ring (bicyclic) bond motifs is 1. The van der Waals surface area contributed by atoms with Crippen LogP contribution < -0.4 is 5.32 Å². The lowest BCUT2D eigenvalue weighted by molar-refractivity contribution is 0.130. The van der Waals surface area contributed by atoms with E-state index < -0.39 is 6.09 Å². The minimum atomic E-state index is -0.441. The van der Waals surface area contributed by atoms with Crippen molar-refractivity contribution in [2.75, 3.05) is 25.5 Å². The molecule has 6 heteroatoms. The molecule has 1 heterocycles. The van der Waals surface area contributed by atoms with E-state index in [1.54, 1.807) is 0 Å². The maximum absolute atomic E-state index is 11.7. The van der Waals surface area contributed by atoms with Crippen LogP contribution in [0, 0.1) is 11.8 Å². The van der Waals surface area contributed by atoms with E-state index in [0.717, 1.165) is 23.8 Å². The number of anilines is 1. The highest BCUT2D eigenvalue weighted by molar-refractivity contribution is 6.35. The number of nitrogens with zero attached hydrogens (tertiary/aromatic N) is 1. The molecule has 26 heavy (non-hydrogen) atoms. The Morgan fingerprint density at radius 3 is 2.50 bits per heavy atom. The normalized spacial score (nSPS) is 26.0. The zero-order valence-corrected chi connectivity index (χ0v) is 16.7. The number of likely N-dealkylation sites (tertiary alicyclic amines) is 1. The van der Waals surface area contributed by atoms with Gasteiger partial charge in [0.1, 0.15) is 0 Å². The first kappa shape index (κ1) is 19.3. The third kappa shape index (κ3) is 4.43. The van der Waals surface area contributed by atoms with E-state index in [2.05, 4.69) is 35.5 Å². The van der Waals surface area contributed by atoms with Gasteiger partial charge < -0.3 is 9.64 Å². The fourth-order valence-electron chi connectivity index (χ4n) is 3.75. The summed E-state index contributed by atoms with van der Waals surface area (Å²) in [5.74, 6) is 0.842. The molecule has 1 aromatic carbocycles. The van der Waals surface area contributed by atoms with Crippen molar-refractivity contribution in [2.24, 2.45) is 11.8 Å². The lowest BCUT2D eigenvalue weighted by Gasteiger charge is -2.43. The number of piperidine rings is 1. The molecule has 1 amide bonds. The number of allylic oxidation sites excluding steroid dienone is 3. The van der Waals surface area contributed by atoms with E-state index in [4.69, 9.17) is 27.9 Å². The van der Waals surface area contributed by atoms with E-state index in [0.29, 0.717) is 11.0 Å². The van der Waals surface area contributed by atoms with Crippen LogP contribution in [-0.2, 0) is 4.74 Å². The zero-order valence-electron chi connectivity index (χ0n) is 15.2. The van der Waals surface area contributed by atoms with E-state index >= 15 is 0 Å². The summed E-state index contributed by atoms with van der Waals surface area (Å²) in [4.78, 5) is 14.0. The number of rotatable bonds is 3. The monoisotopic (exact) mass is 394 g/mol. The second kappa shape index (κ2) is 8.03. The van der Waals surface area contributed by atoms with Gasteiger partial charge in [0.2, 0.25) is 0 Å². The molecule has 3 atom stereocenters. The van der Waals surface area contributed by atoms with Crippen LogP contribution in [0.15, 0.2) is 46.5 Å². The topological polar surface area (TPSA) is 41.6 Å². The average molecular weight is 395 g/mol. The van der Waals surface area contributed by atoms with E-state index in [9.17, 15) is 4.79 Å². The molecular formula is C20H24Cl2N2O2. The number of carbonyl (C=O) groups is 1. The van der Waals surface area contributed by atoms with Gasteiger partial charge in [-0.25, -0.2) is 4.79 Å². The van der Waals surface area contributed by atoms with Crippen LogP contribution in [0.4, 0.5) is 10.5 Å². The molecule has 0 radical (unpaired) electrons. The van der Waals surface area contributed by atoms with Gasteiger partial charge in [0, 0.05) is 40.7 Å². The van der Waals surface area contributed by atoms with Gasteiger partial charge in [0.05, 0.1) is 6.10 Å². The average Bonchev–Trinajstić information content (AvgIpc) is 2.55. The number of hydrogen-bond acceptors (Lipinski definition) is 3. The largest absolute Gasteiger partial charge is 0.447 e. The molecule has 0 bridgehead atoms. The number of halogens is 2. The van der Waals surface area contributed by atoms with Crippen LogP contribution in [0.1, 0.15) is 25.3 Å². The van der Waals surface area contributed by atoms with Crippen LogP contribution in [-0.4, -0.2) is 37.2 Å². The number of nitrogens with one attached hydrogen (secondary N) is 1. The fourth-order valence-corrected chi connectivity index (χ4v) is 4.40. The predicted molar refractivity (Wildman–Crippen MR) is 107 cm³/mol. The molecule has 1 N–H and O–H groups in total. The first-order chi connectivity index (χ1) is 12.3. The summed E-state index contributed by atoms with van der Waals surface area (Å²) in [6.45, 7) is 5.51. The van der Waals surface area contributed by atoms with Crippen LogP contribution in [0.3, 0.4) is 0 Å². The summed E-state index contributed by atoms with van der Waals surface area (Å²) >= 11 is 12.7. The molecule has 1 aliphatic heterocycles. The number of ether oxygens (including phenoxy) is 1. The fraction of sp³-hybridized carbons (Fsp3) is 0.450. The molecule has 3 rings (SSSR count). The summed E-state index contributed by atoms with van der Waals surface area (Å²) in [6, 6.07) is 7.93. The van der Waals surface area contributed by atoms with Crippen molar-refractivity contribution in [3.05, 3.63) is 52.0 Å². The van der Waals surface area contributed by atoms with Gasteiger partial charge in [-0.05, 0) is 50.6 Å². The minimum Gasteiger partial charge on any atom is -0.447 e. The zero-order chi connectivity index (χ0) is 18.8. The van der Waals surface area contributed by atoms with Gasteiger partial charge in [-0.3, -0.25) is 5.32 Å². The number of likely N-dealkylation sites (N-methyl/N-ethyl adjacent to an activating group) is 1. The standard InChI is InChI=1S/C20H24Cl2N2O2/c1-12(2)26-20(25)23-15-6-4-13(5-7-15)17-10-24(3)11-18-16(17)8-14(21)9-19(18)22/h4-9,12,16-18H,10-11H2,1-3H3,(H,23,25). The molecule has 1 aromatic rings. The predicted octanol–water partition coefficient (Wildman–Crippen LogP) is 5.16. The van der Waals surface area contributed by atoms with Gasteiger partial charge in [-0.15, -0.1) is 0 Å². The van der Waals surface area contributed by atoms with Crippen molar-refractivity contribution in [2.45, 2.75) is 25.9 Å². The Labute approximate surface area is 164 Å². The maximum atomic E-state index is 11.7. The Hall–Kier alpha value is -1.49. The van der Waals surface area contributed by atoms with Gasteiger partial charge in [-0.2, -0.15) is 0 Å². The molecule has 1 saturated heterocycles. The molecule has 0 spiro atoms. The van der Waals surface area contributed by atoms with Gasteiger partial charge >= 0.3 is 6.09 Å². The molecular weight excluding hydrogens is 371 g/mol. The first-order valence-corrected chi connectivity index (χ1v) is 9.59. The van der Waals surface area contributed by atoms with Crippen molar-refractivity contribution >= 4 is 35.0 Å². The molecule has 1 aliphatic carbocycles. The summed E-state index contributed by atoms with van der Waals surface area (Å²) in [6.07, 6.45) is 3.39. The Balaban J connectivity index is 1.77. The number of carbonyl (C=O) groups excluding carboxylic acids is 1. The van der Waals surface area contributed by atoms with Crippen LogP contribution in [0.2, 0.25) is 0 Å². The van der Waals surface area contributed by atoms with E-state index in [-0.39, 0.29) is 17.9 Å². The number of benzene rings is 1.